The third kappa shape index (κ3) is 4.82. The van der Waals surface area contributed by atoms with Gasteiger partial charge in [-0.1, -0.05) is 44.2 Å². The maximum Gasteiger partial charge on any atom is 0.267 e. The molecule has 1 aliphatic heterocycles. The summed E-state index contributed by atoms with van der Waals surface area (Å²) in [4.78, 5) is 36.0. The van der Waals surface area contributed by atoms with Gasteiger partial charge in [-0.15, -0.1) is 11.3 Å². The zero-order valence-electron chi connectivity index (χ0n) is 20.9. The van der Waals surface area contributed by atoms with Crippen molar-refractivity contribution in [3.05, 3.63) is 50.6 Å². The van der Waals surface area contributed by atoms with Crippen LogP contribution in [0.5, 0.6) is 0 Å². The summed E-state index contributed by atoms with van der Waals surface area (Å²) in [7, 11) is 0. The van der Waals surface area contributed by atoms with Gasteiger partial charge in [0.05, 0.1) is 16.8 Å². The number of carbonyl (C=O) groups excluding carboxylic acids is 1. The summed E-state index contributed by atoms with van der Waals surface area (Å²) in [5.74, 6) is 0.409. The second-order valence-electron chi connectivity index (χ2n) is 9.35. The number of fused-ring (bicyclic) bond motifs is 1. The topological polar surface area (TPSA) is 55.2 Å². The molecule has 0 saturated carbocycles. The van der Waals surface area contributed by atoms with E-state index in [-0.39, 0.29) is 29.3 Å². The first-order chi connectivity index (χ1) is 16.3. The van der Waals surface area contributed by atoms with E-state index >= 15 is 0 Å². The lowest BCUT2D eigenvalue weighted by molar-refractivity contribution is -0.134. The fourth-order valence-electron chi connectivity index (χ4n) is 4.99. The Morgan fingerprint density at radius 1 is 1.15 bits per heavy atom. The Morgan fingerprint density at radius 2 is 1.82 bits per heavy atom. The molecule has 0 unspecified atom stereocenters. The zero-order valence-corrected chi connectivity index (χ0v) is 22.5. The summed E-state index contributed by atoms with van der Waals surface area (Å²) in [6.07, 6.45) is 6.19. The Bertz CT molecular complexity index is 1220. The van der Waals surface area contributed by atoms with E-state index < -0.39 is 0 Å². The second-order valence-corrected chi connectivity index (χ2v) is 11.4. The number of thioether (sulfide) groups is 1. The Hall–Kier alpha value is -2.12. The van der Waals surface area contributed by atoms with Crippen LogP contribution in [0, 0.1) is 6.92 Å². The molecule has 34 heavy (non-hydrogen) atoms. The highest BCUT2D eigenvalue weighted by Gasteiger charge is 2.29. The van der Waals surface area contributed by atoms with E-state index in [1.807, 2.05) is 24.0 Å². The number of hydrogen-bond acceptors (Lipinski definition) is 5. The average molecular weight is 498 g/mol. The van der Waals surface area contributed by atoms with Crippen LogP contribution in [0.25, 0.3) is 15.9 Å². The lowest BCUT2D eigenvalue weighted by Crippen LogP contribution is -2.48. The van der Waals surface area contributed by atoms with Gasteiger partial charge < -0.3 is 4.90 Å². The summed E-state index contributed by atoms with van der Waals surface area (Å²) in [5, 5.41) is 1.30. The molecule has 1 amide bonds. The number of aromatic nitrogens is 2. The molecule has 7 heteroatoms. The molecule has 4 rings (SSSR count). The average Bonchev–Trinajstić information content (AvgIpc) is 3.13. The van der Waals surface area contributed by atoms with Crippen molar-refractivity contribution in [3.8, 4) is 5.69 Å². The van der Waals surface area contributed by atoms with Crippen LogP contribution in [0.4, 0.5) is 0 Å². The number of rotatable bonds is 7. The lowest BCUT2D eigenvalue weighted by atomic mass is 9.98. The van der Waals surface area contributed by atoms with Gasteiger partial charge in [0.25, 0.3) is 5.56 Å². The fourth-order valence-corrected chi connectivity index (χ4v) is 7.20. The van der Waals surface area contributed by atoms with E-state index in [0.717, 1.165) is 48.2 Å². The first-order valence-electron chi connectivity index (χ1n) is 12.4. The molecule has 1 saturated heterocycles. The molecule has 0 aliphatic carbocycles. The van der Waals surface area contributed by atoms with Crippen molar-refractivity contribution in [1.82, 2.24) is 14.5 Å². The molecule has 2 aromatic heterocycles. The highest BCUT2D eigenvalue weighted by atomic mass is 32.2. The molecular formula is C27H35N3O2S2. The fraction of sp³-hybridized carbons (Fsp3) is 0.519. The molecule has 5 nitrogen and oxygen atoms in total. The molecule has 0 radical (unpaired) electrons. The van der Waals surface area contributed by atoms with E-state index in [0.29, 0.717) is 10.5 Å². The van der Waals surface area contributed by atoms with Gasteiger partial charge in [0.2, 0.25) is 5.91 Å². The quantitative estimate of drug-likeness (QED) is 0.290. The Balaban J connectivity index is 1.75. The molecule has 0 spiro atoms. The van der Waals surface area contributed by atoms with E-state index in [9.17, 15) is 9.59 Å². The van der Waals surface area contributed by atoms with Crippen LogP contribution in [0.2, 0.25) is 0 Å². The van der Waals surface area contributed by atoms with Crippen molar-refractivity contribution in [1.29, 1.82) is 0 Å². The summed E-state index contributed by atoms with van der Waals surface area (Å²) >= 11 is 3.00. The zero-order chi connectivity index (χ0) is 24.4. The first kappa shape index (κ1) is 25.0. The second kappa shape index (κ2) is 10.6. The molecule has 182 valence electrons. The number of hydrogen-bond donors (Lipinski definition) is 0. The Morgan fingerprint density at radius 3 is 2.44 bits per heavy atom. The van der Waals surface area contributed by atoms with Crippen molar-refractivity contribution < 1.29 is 4.79 Å². The van der Waals surface area contributed by atoms with Gasteiger partial charge in [-0.3, -0.25) is 14.2 Å². The van der Waals surface area contributed by atoms with Crippen LogP contribution in [0.3, 0.4) is 0 Å². The van der Waals surface area contributed by atoms with E-state index in [2.05, 4.69) is 39.8 Å². The van der Waals surface area contributed by atoms with E-state index in [4.69, 9.17) is 4.98 Å². The normalized spacial score (nSPS) is 18.6. The number of carbonyl (C=O) groups is 1. The van der Waals surface area contributed by atoms with Crippen LogP contribution in [0.15, 0.2) is 34.2 Å². The van der Waals surface area contributed by atoms with Crippen LogP contribution in [-0.2, 0) is 17.6 Å². The highest BCUT2D eigenvalue weighted by Crippen LogP contribution is 2.32. The highest BCUT2D eigenvalue weighted by molar-refractivity contribution is 7.99. The van der Waals surface area contributed by atoms with Crippen LogP contribution < -0.4 is 5.56 Å². The summed E-state index contributed by atoms with van der Waals surface area (Å²) in [6, 6.07) is 8.61. The Labute approximate surface area is 210 Å². The SMILES string of the molecule is CCCc1sc2nc(SCC(=O)N3[C@@H](C)CCC[C@@H]3C)n(-c3ccc(CC)cc3)c(=O)c2c1C. The predicted molar refractivity (Wildman–Crippen MR) is 144 cm³/mol. The molecule has 1 aliphatic rings. The number of thiophene rings is 1. The molecule has 0 bridgehead atoms. The third-order valence-electron chi connectivity index (χ3n) is 6.92. The summed E-state index contributed by atoms with van der Waals surface area (Å²) in [5.41, 5.74) is 3.02. The smallest absolute Gasteiger partial charge is 0.267 e. The van der Waals surface area contributed by atoms with Gasteiger partial charge in [0.1, 0.15) is 4.83 Å². The van der Waals surface area contributed by atoms with Crippen molar-refractivity contribution in [2.24, 2.45) is 0 Å². The van der Waals surface area contributed by atoms with Crippen molar-refractivity contribution >= 4 is 39.2 Å². The third-order valence-corrected chi connectivity index (χ3v) is 9.09. The number of nitrogens with zero attached hydrogens (tertiary/aromatic N) is 3. The standard InChI is InChI=1S/C27H35N3O2S2/c1-6-9-22-19(5)24-25(34-22)28-27(30(26(24)32)21-14-12-20(7-2)13-15-21)33-16-23(31)29-17(3)10-8-11-18(29)4/h12-15,17-18H,6-11,16H2,1-5H3/t17-,18-/m0/s1. The number of benzene rings is 1. The van der Waals surface area contributed by atoms with Crippen LogP contribution >= 0.6 is 23.1 Å². The van der Waals surface area contributed by atoms with Gasteiger partial charge in [-0.05, 0) is 76.1 Å². The summed E-state index contributed by atoms with van der Waals surface area (Å²) < 4.78 is 1.71. The van der Waals surface area contributed by atoms with Crippen molar-refractivity contribution in [2.75, 3.05) is 5.75 Å². The first-order valence-corrected chi connectivity index (χ1v) is 14.2. The summed E-state index contributed by atoms with van der Waals surface area (Å²) in [6.45, 7) is 10.6. The van der Waals surface area contributed by atoms with Gasteiger partial charge in [-0.2, -0.15) is 0 Å². The molecule has 1 aromatic carbocycles. The molecular weight excluding hydrogens is 462 g/mol. The maximum absolute atomic E-state index is 13.8. The minimum absolute atomic E-state index is 0.0417. The number of aryl methyl sites for hydroxylation is 3. The molecule has 3 aromatic rings. The van der Waals surface area contributed by atoms with Gasteiger partial charge in [0, 0.05) is 17.0 Å². The van der Waals surface area contributed by atoms with Crippen LogP contribution in [-0.4, -0.2) is 38.2 Å². The maximum atomic E-state index is 13.8. The van der Waals surface area contributed by atoms with Gasteiger partial charge >= 0.3 is 0 Å². The van der Waals surface area contributed by atoms with Gasteiger partial charge in [-0.25, -0.2) is 4.98 Å². The predicted octanol–water partition coefficient (Wildman–Crippen LogP) is 6.15. The van der Waals surface area contributed by atoms with Crippen LogP contribution in [0.1, 0.15) is 69.4 Å². The minimum atomic E-state index is -0.0417. The van der Waals surface area contributed by atoms with E-state index in [1.165, 1.54) is 28.6 Å². The monoisotopic (exact) mass is 497 g/mol. The van der Waals surface area contributed by atoms with Crippen molar-refractivity contribution in [2.45, 2.75) is 90.4 Å². The molecule has 3 heterocycles. The van der Waals surface area contributed by atoms with Crippen molar-refractivity contribution in [3.63, 3.8) is 0 Å². The number of piperidine rings is 1. The minimum Gasteiger partial charge on any atom is -0.337 e. The number of amides is 1. The van der Waals surface area contributed by atoms with Gasteiger partial charge in [0.15, 0.2) is 5.16 Å². The Kier molecular flexibility index (Phi) is 7.83. The number of likely N-dealkylation sites (tertiary alicyclic amines) is 1. The lowest BCUT2D eigenvalue weighted by Gasteiger charge is -2.39. The molecule has 1 fully saturated rings. The largest absolute Gasteiger partial charge is 0.337 e. The van der Waals surface area contributed by atoms with E-state index in [1.54, 1.807) is 15.9 Å². The molecule has 0 N–H and O–H groups in total. The molecule has 2 atom stereocenters.